The van der Waals surface area contributed by atoms with Crippen molar-refractivity contribution in [2.75, 3.05) is 18.0 Å². The van der Waals surface area contributed by atoms with Crippen molar-refractivity contribution in [3.05, 3.63) is 29.8 Å². The van der Waals surface area contributed by atoms with Crippen molar-refractivity contribution in [2.45, 2.75) is 19.3 Å². The first-order valence-corrected chi connectivity index (χ1v) is 6.34. The summed E-state index contributed by atoms with van der Waals surface area (Å²) in [6.07, 6.45) is 7.67. The Hall–Kier alpha value is -2.28. The minimum absolute atomic E-state index is 0.149. The predicted molar refractivity (Wildman–Crippen MR) is 73.8 cm³/mol. The molecule has 2 rings (SSSR count). The third-order valence-corrected chi connectivity index (χ3v) is 3.12. The maximum atomic E-state index is 11.8. The number of anilines is 1. The van der Waals surface area contributed by atoms with Crippen molar-refractivity contribution in [2.24, 2.45) is 0 Å². The van der Waals surface area contributed by atoms with E-state index < -0.39 is 0 Å². The lowest BCUT2D eigenvalue weighted by Crippen LogP contribution is -2.35. The Morgan fingerprint density at radius 3 is 2.68 bits per heavy atom. The highest BCUT2D eigenvalue weighted by atomic mass is 16.2. The second-order valence-corrected chi connectivity index (χ2v) is 4.44. The average Bonchev–Trinajstić information content (AvgIpc) is 2.45. The number of piperidine rings is 1. The molecule has 0 bridgehead atoms. The molecule has 0 atom stereocenters. The van der Waals surface area contributed by atoms with Gasteiger partial charge in [-0.05, 0) is 37.1 Å². The van der Waals surface area contributed by atoms with Gasteiger partial charge in [-0.2, -0.15) is 0 Å². The summed E-state index contributed by atoms with van der Waals surface area (Å²) < 4.78 is 0. The van der Waals surface area contributed by atoms with Crippen molar-refractivity contribution in [3.63, 3.8) is 0 Å². The highest BCUT2D eigenvalue weighted by molar-refractivity contribution is 5.97. The van der Waals surface area contributed by atoms with Gasteiger partial charge in [-0.15, -0.1) is 6.42 Å². The van der Waals surface area contributed by atoms with Crippen molar-refractivity contribution >= 4 is 17.5 Å². The predicted octanol–water partition coefficient (Wildman–Crippen LogP) is 1.57. The van der Waals surface area contributed by atoms with Crippen molar-refractivity contribution in [1.82, 2.24) is 5.32 Å². The van der Waals surface area contributed by atoms with Crippen LogP contribution in [0.25, 0.3) is 0 Å². The number of hydrogen-bond donors (Lipinski definition) is 1. The standard InChI is InChI=1S/C15H16N2O2/c1-2-10-16-15(19)12-6-8-13(9-7-12)17-11-4-3-5-14(17)18/h1,6-9H,3-5,10-11H2,(H,16,19). The summed E-state index contributed by atoms with van der Waals surface area (Å²) in [4.78, 5) is 25.2. The first kappa shape index (κ1) is 13.2. The van der Waals surface area contributed by atoms with Crippen LogP contribution in [0.15, 0.2) is 24.3 Å². The number of amides is 2. The molecular formula is C15H16N2O2. The molecule has 1 fully saturated rings. The second kappa shape index (κ2) is 6.05. The van der Waals surface area contributed by atoms with Crippen molar-refractivity contribution in [1.29, 1.82) is 0 Å². The molecule has 1 aromatic rings. The minimum atomic E-state index is -0.200. The molecule has 0 radical (unpaired) electrons. The van der Waals surface area contributed by atoms with E-state index in [1.165, 1.54) is 0 Å². The normalized spacial score (nSPS) is 14.9. The Balaban J connectivity index is 2.08. The van der Waals surface area contributed by atoms with Crippen LogP contribution < -0.4 is 10.2 Å². The number of nitrogens with one attached hydrogen (secondary N) is 1. The van der Waals surface area contributed by atoms with E-state index in [9.17, 15) is 9.59 Å². The lowest BCUT2D eigenvalue weighted by atomic mass is 10.1. The van der Waals surface area contributed by atoms with E-state index in [0.29, 0.717) is 12.0 Å². The number of carbonyl (C=O) groups excluding carboxylic acids is 2. The van der Waals surface area contributed by atoms with E-state index >= 15 is 0 Å². The van der Waals surface area contributed by atoms with Gasteiger partial charge in [-0.1, -0.05) is 5.92 Å². The molecule has 1 aliphatic rings. The van der Waals surface area contributed by atoms with E-state index in [-0.39, 0.29) is 18.4 Å². The molecule has 0 aromatic heterocycles. The summed E-state index contributed by atoms with van der Waals surface area (Å²) in [7, 11) is 0. The molecule has 4 nitrogen and oxygen atoms in total. The molecule has 1 N–H and O–H groups in total. The quantitative estimate of drug-likeness (QED) is 0.834. The Bertz CT molecular complexity index is 514. The van der Waals surface area contributed by atoms with Crippen LogP contribution >= 0.6 is 0 Å². The Morgan fingerprint density at radius 2 is 2.05 bits per heavy atom. The summed E-state index contributed by atoms with van der Waals surface area (Å²) in [6, 6.07) is 7.02. The molecule has 0 unspecified atom stereocenters. The minimum Gasteiger partial charge on any atom is -0.341 e. The van der Waals surface area contributed by atoms with Gasteiger partial charge in [-0.25, -0.2) is 0 Å². The maximum Gasteiger partial charge on any atom is 0.252 e. The summed E-state index contributed by atoms with van der Waals surface area (Å²) in [5.41, 5.74) is 1.39. The fraction of sp³-hybridized carbons (Fsp3) is 0.333. The van der Waals surface area contributed by atoms with Crippen molar-refractivity contribution in [3.8, 4) is 12.3 Å². The van der Waals surface area contributed by atoms with Gasteiger partial charge in [0, 0.05) is 24.2 Å². The molecule has 0 spiro atoms. The fourth-order valence-electron chi connectivity index (χ4n) is 2.11. The first-order chi connectivity index (χ1) is 9.22. The SMILES string of the molecule is C#CCNC(=O)c1ccc(N2CCCCC2=O)cc1. The van der Waals surface area contributed by atoms with E-state index in [4.69, 9.17) is 6.42 Å². The highest BCUT2D eigenvalue weighted by Gasteiger charge is 2.19. The van der Waals surface area contributed by atoms with Crippen LogP contribution in [-0.2, 0) is 4.79 Å². The third-order valence-electron chi connectivity index (χ3n) is 3.12. The van der Waals surface area contributed by atoms with Gasteiger partial charge in [0.25, 0.3) is 5.91 Å². The molecule has 1 aliphatic heterocycles. The highest BCUT2D eigenvalue weighted by Crippen LogP contribution is 2.21. The average molecular weight is 256 g/mol. The van der Waals surface area contributed by atoms with Crippen LogP contribution in [0, 0.1) is 12.3 Å². The van der Waals surface area contributed by atoms with Gasteiger partial charge in [0.1, 0.15) is 0 Å². The van der Waals surface area contributed by atoms with Gasteiger partial charge in [0.05, 0.1) is 6.54 Å². The largest absolute Gasteiger partial charge is 0.341 e. The van der Waals surface area contributed by atoms with E-state index in [0.717, 1.165) is 25.1 Å². The number of hydrogen-bond acceptors (Lipinski definition) is 2. The summed E-state index contributed by atoms with van der Waals surface area (Å²) in [6.45, 7) is 0.965. The summed E-state index contributed by atoms with van der Waals surface area (Å²) in [5.74, 6) is 2.30. The Labute approximate surface area is 112 Å². The zero-order chi connectivity index (χ0) is 13.7. The van der Waals surface area contributed by atoms with Crippen LogP contribution in [0.1, 0.15) is 29.6 Å². The number of carbonyl (C=O) groups is 2. The van der Waals surface area contributed by atoms with Crippen LogP contribution in [0.5, 0.6) is 0 Å². The zero-order valence-electron chi connectivity index (χ0n) is 10.7. The summed E-state index contributed by atoms with van der Waals surface area (Å²) in [5, 5.41) is 2.60. The molecule has 1 aromatic carbocycles. The van der Waals surface area contributed by atoms with Gasteiger partial charge in [-0.3, -0.25) is 9.59 Å². The fourth-order valence-corrected chi connectivity index (χ4v) is 2.11. The number of terminal acetylenes is 1. The van der Waals surface area contributed by atoms with Crippen LogP contribution in [0.3, 0.4) is 0 Å². The van der Waals surface area contributed by atoms with E-state index in [1.807, 2.05) is 0 Å². The molecule has 1 heterocycles. The maximum absolute atomic E-state index is 11.8. The van der Waals surface area contributed by atoms with Gasteiger partial charge < -0.3 is 10.2 Å². The van der Waals surface area contributed by atoms with Gasteiger partial charge in [0.15, 0.2) is 0 Å². The third kappa shape index (κ3) is 3.14. The monoisotopic (exact) mass is 256 g/mol. The van der Waals surface area contributed by atoms with Gasteiger partial charge in [0.2, 0.25) is 5.91 Å². The molecule has 1 saturated heterocycles. The molecular weight excluding hydrogens is 240 g/mol. The number of nitrogens with zero attached hydrogens (tertiary/aromatic N) is 1. The van der Waals surface area contributed by atoms with E-state index in [1.54, 1.807) is 29.2 Å². The number of rotatable bonds is 3. The molecule has 98 valence electrons. The van der Waals surface area contributed by atoms with Gasteiger partial charge >= 0.3 is 0 Å². The van der Waals surface area contributed by atoms with Crippen LogP contribution in [0.4, 0.5) is 5.69 Å². The molecule has 0 saturated carbocycles. The lowest BCUT2D eigenvalue weighted by Gasteiger charge is -2.26. The Kier molecular flexibility index (Phi) is 4.19. The second-order valence-electron chi connectivity index (χ2n) is 4.44. The molecule has 2 amide bonds. The Morgan fingerprint density at radius 1 is 1.32 bits per heavy atom. The van der Waals surface area contributed by atoms with Crippen LogP contribution in [-0.4, -0.2) is 24.9 Å². The zero-order valence-corrected chi connectivity index (χ0v) is 10.7. The first-order valence-electron chi connectivity index (χ1n) is 6.34. The van der Waals surface area contributed by atoms with E-state index in [2.05, 4.69) is 11.2 Å². The molecule has 4 heteroatoms. The summed E-state index contributed by atoms with van der Waals surface area (Å²) >= 11 is 0. The lowest BCUT2D eigenvalue weighted by molar-refractivity contribution is -0.119. The topological polar surface area (TPSA) is 49.4 Å². The molecule has 0 aliphatic carbocycles. The van der Waals surface area contributed by atoms with Crippen LogP contribution in [0.2, 0.25) is 0 Å². The smallest absolute Gasteiger partial charge is 0.252 e. The van der Waals surface area contributed by atoms with Crippen molar-refractivity contribution < 1.29 is 9.59 Å². The number of benzene rings is 1. The molecule has 19 heavy (non-hydrogen) atoms.